The summed E-state index contributed by atoms with van der Waals surface area (Å²) in [6, 6.07) is 0.996. The van der Waals surface area contributed by atoms with Crippen LogP contribution in [0.15, 0.2) is 0 Å². The van der Waals surface area contributed by atoms with Gasteiger partial charge in [0.25, 0.3) is 0 Å². The van der Waals surface area contributed by atoms with E-state index in [1.165, 1.54) is 4.90 Å². The number of carbonyl (C=O) groups is 1. The Morgan fingerprint density at radius 2 is 1.72 bits per heavy atom. The average Bonchev–Trinajstić information content (AvgIpc) is 2.37. The Labute approximate surface area is 111 Å². The minimum Gasteiger partial charge on any atom is -0.465 e. The molecule has 0 saturated heterocycles. The zero-order chi connectivity index (χ0) is 14.0. The maximum Gasteiger partial charge on any atom is 0.407 e. The van der Waals surface area contributed by atoms with Gasteiger partial charge < -0.3 is 18.9 Å². The van der Waals surface area contributed by atoms with E-state index in [1.807, 2.05) is 6.92 Å². The van der Waals surface area contributed by atoms with Gasteiger partial charge in [0.15, 0.2) is 0 Å². The number of carboxylic acid groups (broad SMARTS) is 1. The molecule has 0 bridgehead atoms. The van der Waals surface area contributed by atoms with E-state index < -0.39 is 14.7 Å². The zero-order valence-corrected chi connectivity index (χ0v) is 13.1. The first-order chi connectivity index (χ1) is 8.49. The van der Waals surface area contributed by atoms with Gasteiger partial charge in [0, 0.05) is 27.3 Å². The van der Waals surface area contributed by atoms with Gasteiger partial charge in [-0.1, -0.05) is 19.3 Å². The highest BCUT2D eigenvalue weighted by atomic mass is 28.4. The van der Waals surface area contributed by atoms with Gasteiger partial charge >= 0.3 is 14.7 Å². The smallest absolute Gasteiger partial charge is 0.407 e. The minimum absolute atomic E-state index is 0.563. The van der Waals surface area contributed by atoms with E-state index in [9.17, 15) is 4.79 Å². The lowest BCUT2D eigenvalue weighted by molar-refractivity contribution is 0.147. The van der Waals surface area contributed by atoms with Crippen LogP contribution < -0.4 is 0 Å². The Balaban J connectivity index is 3.60. The molecular formula is C12H27NO4Si. The number of hydrogen-bond acceptors (Lipinski definition) is 3. The maximum absolute atomic E-state index is 10.8. The first kappa shape index (κ1) is 17.4. The van der Waals surface area contributed by atoms with Crippen LogP contribution >= 0.6 is 0 Å². The summed E-state index contributed by atoms with van der Waals surface area (Å²) in [5.74, 6) is 0. The van der Waals surface area contributed by atoms with Crippen LogP contribution in [0.3, 0.4) is 0 Å². The normalized spacial score (nSPS) is 11.6. The molecular weight excluding hydrogens is 250 g/mol. The van der Waals surface area contributed by atoms with Gasteiger partial charge in [-0.25, -0.2) is 4.79 Å². The molecule has 0 aliphatic heterocycles. The number of unbranched alkanes of at least 4 members (excludes halogenated alkanes) is 3. The molecule has 0 aromatic rings. The summed E-state index contributed by atoms with van der Waals surface area (Å²) >= 11 is 0. The van der Waals surface area contributed by atoms with E-state index in [-0.39, 0.29) is 0 Å². The molecule has 18 heavy (non-hydrogen) atoms. The monoisotopic (exact) mass is 277 g/mol. The molecule has 0 fully saturated rings. The van der Waals surface area contributed by atoms with Crippen LogP contribution in [0, 0.1) is 0 Å². The Bertz CT molecular complexity index is 234. The summed E-state index contributed by atoms with van der Waals surface area (Å²) in [7, 11) is 1.51. The molecule has 108 valence electrons. The highest BCUT2D eigenvalue weighted by molar-refractivity contribution is 6.65. The van der Waals surface area contributed by atoms with Gasteiger partial charge in [-0.05, 0) is 25.9 Å². The Hall–Kier alpha value is -0.593. The standard InChI is InChI=1S/C12H27NO4Si/c1-5-13(12(14)15)10-8-6-7-9-11-18(4,16-2)17-3/h5-11H2,1-4H3,(H,14,15). The van der Waals surface area contributed by atoms with Crippen molar-refractivity contribution >= 4 is 14.7 Å². The Morgan fingerprint density at radius 3 is 2.17 bits per heavy atom. The highest BCUT2D eigenvalue weighted by Crippen LogP contribution is 2.16. The second-order valence-electron chi connectivity index (χ2n) is 4.57. The van der Waals surface area contributed by atoms with Gasteiger partial charge in [0.2, 0.25) is 0 Å². The van der Waals surface area contributed by atoms with E-state index in [0.717, 1.165) is 31.7 Å². The van der Waals surface area contributed by atoms with E-state index in [0.29, 0.717) is 13.1 Å². The van der Waals surface area contributed by atoms with Crippen molar-refractivity contribution in [3.63, 3.8) is 0 Å². The van der Waals surface area contributed by atoms with Gasteiger partial charge in [-0.2, -0.15) is 0 Å². The predicted molar refractivity (Wildman–Crippen MR) is 74.2 cm³/mol. The van der Waals surface area contributed by atoms with Crippen LogP contribution in [-0.2, 0) is 8.85 Å². The van der Waals surface area contributed by atoms with Crippen LogP contribution in [0.2, 0.25) is 12.6 Å². The lowest BCUT2D eigenvalue weighted by Crippen LogP contribution is -2.35. The van der Waals surface area contributed by atoms with Crippen molar-refractivity contribution in [2.45, 2.75) is 45.2 Å². The topological polar surface area (TPSA) is 59.0 Å². The van der Waals surface area contributed by atoms with Gasteiger partial charge in [0.1, 0.15) is 0 Å². The molecule has 1 N–H and O–H groups in total. The van der Waals surface area contributed by atoms with Crippen molar-refractivity contribution in [2.24, 2.45) is 0 Å². The first-order valence-corrected chi connectivity index (χ1v) is 9.09. The Morgan fingerprint density at radius 1 is 1.17 bits per heavy atom. The molecule has 0 saturated carbocycles. The fourth-order valence-corrected chi connectivity index (χ4v) is 3.25. The number of nitrogens with zero attached hydrogens (tertiary/aromatic N) is 1. The van der Waals surface area contributed by atoms with E-state index in [2.05, 4.69) is 6.55 Å². The molecule has 0 radical (unpaired) electrons. The van der Waals surface area contributed by atoms with E-state index in [1.54, 1.807) is 14.2 Å². The minimum atomic E-state index is -1.91. The first-order valence-electron chi connectivity index (χ1n) is 6.57. The summed E-state index contributed by atoms with van der Waals surface area (Å²) in [6.45, 7) is 5.13. The second kappa shape index (κ2) is 9.35. The number of amides is 1. The SMILES string of the molecule is CCN(CCCCCC[Si](C)(OC)OC)C(=O)O. The van der Waals surface area contributed by atoms with Crippen LogP contribution in [0.4, 0.5) is 4.79 Å². The van der Waals surface area contributed by atoms with Crippen molar-refractivity contribution in [3.8, 4) is 0 Å². The molecule has 0 heterocycles. The highest BCUT2D eigenvalue weighted by Gasteiger charge is 2.27. The maximum atomic E-state index is 10.8. The van der Waals surface area contributed by atoms with Crippen molar-refractivity contribution < 1.29 is 18.8 Å². The van der Waals surface area contributed by atoms with Crippen LogP contribution in [-0.4, -0.2) is 52.0 Å². The van der Waals surface area contributed by atoms with Crippen LogP contribution in [0.5, 0.6) is 0 Å². The molecule has 6 heteroatoms. The third-order valence-corrected chi connectivity index (χ3v) is 6.31. The largest absolute Gasteiger partial charge is 0.465 e. The molecule has 0 rings (SSSR count). The Kier molecular flexibility index (Phi) is 9.04. The average molecular weight is 277 g/mol. The summed E-state index contributed by atoms with van der Waals surface area (Å²) < 4.78 is 10.8. The van der Waals surface area contributed by atoms with E-state index in [4.69, 9.17) is 14.0 Å². The zero-order valence-electron chi connectivity index (χ0n) is 12.1. The summed E-state index contributed by atoms with van der Waals surface area (Å²) in [5, 5.41) is 8.84. The van der Waals surface area contributed by atoms with Gasteiger partial charge in [-0.15, -0.1) is 0 Å². The quantitative estimate of drug-likeness (QED) is 0.493. The molecule has 0 spiro atoms. The molecule has 0 aromatic carbocycles. The van der Waals surface area contributed by atoms with Crippen molar-refractivity contribution in [1.82, 2.24) is 4.90 Å². The molecule has 1 amide bonds. The molecule has 0 aliphatic carbocycles. The number of rotatable bonds is 10. The lowest BCUT2D eigenvalue weighted by Gasteiger charge is -2.22. The van der Waals surface area contributed by atoms with Gasteiger partial charge in [-0.3, -0.25) is 0 Å². The fraction of sp³-hybridized carbons (Fsp3) is 0.917. The van der Waals surface area contributed by atoms with Crippen LogP contribution in [0.1, 0.15) is 32.6 Å². The van der Waals surface area contributed by atoms with Crippen molar-refractivity contribution in [2.75, 3.05) is 27.3 Å². The summed E-state index contributed by atoms with van der Waals surface area (Å²) in [5.41, 5.74) is 0. The fourth-order valence-electron chi connectivity index (χ4n) is 1.78. The summed E-state index contributed by atoms with van der Waals surface area (Å²) in [6.07, 6.45) is 3.35. The second-order valence-corrected chi connectivity index (χ2v) is 8.15. The van der Waals surface area contributed by atoms with Gasteiger partial charge in [0.05, 0.1) is 0 Å². The van der Waals surface area contributed by atoms with Crippen molar-refractivity contribution in [1.29, 1.82) is 0 Å². The molecule has 0 aromatic heterocycles. The van der Waals surface area contributed by atoms with Crippen molar-refractivity contribution in [3.05, 3.63) is 0 Å². The predicted octanol–water partition coefficient (Wildman–Crippen LogP) is 2.91. The molecule has 0 unspecified atom stereocenters. The van der Waals surface area contributed by atoms with E-state index >= 15 is 0 Å². The third kappa shape index (κ3) is 6.98. The molecule has 0 aliphatic rings. The lowest BCUT2D eigenvalue weighted by atomic mass is 10.2. The number of hydrogen-bond donors (Lipinski definition) is 1. The molecule has 0 atom stereocenters. The molecule has 5 nitrogen and oxygen atoms in total. The van der Waals surface area contributed by atoms with Crippen LogP contribution in [0.25, 0.3) is 0 Å². The third-order valence-electron chi connectivity index (χ3n) is 3.32. The summed E-state index contributed by atoms with van der Waals surface area (Å²) in [4.78, 5) is 12.2.